The molecule has 1 saturated heterocycles. The number of rotatable bonds is 4. The molecule has 3 aromatic rings. The van der Waals surface area contributed by atoms with Gasteiger partial charge in [0.15, 0.2) is 5.82 Å². The summed E-state index contributed by atoms with van der Waals surface area (Å²) in [4.78, 5) is 14.9. The molecule has 7 nitrogen and oxygen atoms in total. The Hall–Kier alpha value is -2.61. The van der Waals surface area contributed by atoms with E-state index >= 15 is 0 Å². The molecule has 0 saturated carbocycles. The standard InChI is InChI=1S/C20H22ClN5O2/c1-26-8-6-12(7-9-26)20(27)22-19-16-10-13(2-5-18(16)23-24-19)15-11-14(25-28)3-4-17(15)21/h2-5,10-12,25,28H,6-9H2,1H3,(H2,22,23,24,27). The number of piperidine rings is 1. The number of hydrogen-bond acceptors (Lipinski definition) is 5. The van der Waals surface area contributed by atoms with Crippen molar-refractivity contribution in [1.82, 2.24) is 15.1 Å². The molecule has 1 aliphatic heterocycles. The van der Waals surface area contributed by atoms with Crippen molar-refractivity contribution >= 4 is 39.9 Å². The second-order valence-corrected chi connectivity index (χ2v) is 7.61. The number of benzene rings is 2. The second kappa shape index (κ2) is 7.79. The summed E-state index contributed by atoms with van der Waals surface area (Å²) in [7, 11) is 2.07. The van der Waals surface area contributed by atoms with Crippen molar-refractivity contribution in [1.29, 1.82) is 0 Å². The van der Waals surface area contributed by atoms with Crippen molar-refractivity contribution in [2.75, 3.05) is 30.9 Å². The van der Waals surface area contributed by atoms with E-state index in [0.29, 0.717) is 16.5 Å². The molecule has 2 aromatic carbocycles. The monoisotopic (exact) mass is 399 g/mol. The zero-order valence-corrected chi connectivity index (χ0v) is 16.3. The lowest BCUT2D eigenvalue weighted by molar-refractivity contribution is -0.121. The van der Waals surface area contributed by atoms with E-state index in [9.17, 15) is 4.79 Å². The predicted molar refractivity (Wildman–Crippen MR) is 111 cm³/mol. The minimum Gasteiger partial charge on any atom is -0.308 e. The van der Waals surface area contributed by atoms with Crippen LogP contribution in [0.2, 0.25) is 5.02 Å². The average Bonchev–Trinajstić information content (AvgIpc) is 3.11. The molecule has 0 atom stereocenters. The Bertz CT molecular complexity index is 1010. The fraction of sp³-hybridized carbons (Fsp3) is 0.300. The third-order valence-corrected chi connectivity index (χ3v) is 5.63. The van der Waals surface area contributed by atoms with Crippen LogP contribution in [-0.2, 0) is 4.79 Å². The highest BCUT2D eigenvalue weighted by atomic mass is 35.5. The van der Waals surface area contributed by atoms with E-state index in [1.807, 2.05) is 18.2 Å². The molecule has 0 bridgehead atoms. The van der Waals surface area contributed by atoms with E-state index in [1.54, 1.807) is 18.2 Å². The molecule has 1 amide bonds. The van der Waals surface area contributed by atoms with Gasteiger partial charge in [-0.3, -0.25) is 20.6 Å². The van der Waals surface area contributed by atoms with Gasteiger partial charge in [-0.2, -0.15) is 5.10 Å². The van der Waals surface area contributed by atoms with Gasteiger partial charge in [0.2, 0.25) is 5.91 Å². The summed E-state index contributed by atoms with van der Waals surface area (Å²) in [5.74, 6) is 0.539. The lowest BCUT2D eigenvalue weighted by Gasteiger charge is -2.27. The maximum Gasteiger partial charge on any atom is 0.228 e. The summed E-state index contributed by atoms with van der Waals surface area (Å²) in [5, 5.41) is 20.8. The van der Waals surface area contributed by atoms with Crippen LogP contribution >= 0.6 is 11.6 Å². The highest BCUT2D eigenvalue weighted by molar-refractivity contribution is 6.33. The number of nitrogens with one attached hydrogen (secondary N) is 3. The molecule has 1 aromatic heterocycles. The highest BCUT2D eigenvalue weighted by Gasteiger charge is 2.24. The molecule has 2 heterocycles. The lowest BCUT2D eigenvalue weighted by Crippen LogP contribution is -2.36. The van der Waals surface area contributed by atoms with Crippen molar-refractivity contribution in [3.8, 4) is 11.1 Å². The number of likely N-dealkylation sites (tertiary alicyclic amines) is 1. The Balaban J connectivity index is 1.63. The molecule has 146 valence electrons. The van der Waals surface area contributed by atoms with Gasteiger partial charge in [0.1, 0.15) is 0 Å². The van der Waals surface area contributed by atoms with Gasteiger partial charge in [0.05, 0.1) is 11.2 Å². The highest BCUT2D eigenvalue weighted by Crippen LogP contribution is 2.34. The molecule has 1 aliphatic rings. The van der Waals surface area contributed by atoms with Crippen LogP contribution in [0.4, 0.5) is 11.5 Å². The number of halogens is 1. The molecule has 0 unspecified atom stereocenters. The van der Waals surface area contributed by atoms with E-state index in [4.69, 9.17) is 16.8 Å². The Morgan fingerprint density at radius 2 is 2.04 bits per heavy atom. The normalized spacial score (nSPS) is 15.7. The Kier molecular flexibility index (Phi) is 5.21. The van der Waals surface area contributed by atoms with Crippen molar-refractivity contribution in [2.24, 2.45) is 5.92 Å². The van der Waals surface area contributed by atoms with Crippen molar-refractivity contribution in [3.63, 3.8) is 0 Å². The second-order valence-electron chi connectivity index (χ2n) is 7.21. The molecule has 28 heavy (non-hydrogen) atoms. The van der Waals surface area contributed by atoms with Crippen molar-refractivity contribution in [3.05, 3.63) is 41.4 Å². The SMILES string of the molecule is CN1CCC(C(=O)Nc2n[nH]c3ccc(-c4cc(NO)ccc4Cl)cc23)CC1. The topological polar surface area (TPSA) is 93.3 Å². The molecule has 4 rings (SSSR count). The van der Waals surface area contributed by atoms with Crippen molar-refractivity contribution < 1.29 is 10.0 Å². The first-order valence-corrected chi connectivity index (χ1v) is 9.60. The van der Waals surface area contributed by atoms with Crippen LogP contribution < -0.4 is 10.8 Å². The van der Waals surface area contributed by atoms with Crippen LogP contribution in [0.1, 0.15) is 12.8 Å². The lowest BCUT2D eigenvalue weighted by atomic mass is 9.96. The first kappa shape index (κ1) is 18.7. The van der Waals surface area contributed by atoms with Gasteiger partial charge in [0.25, 0.3) is 0 Å². The smallest absolute Gasteiger partial charge is 0.228 e. The average molecular weight is 400 g/mol. The zero-order chi connectivity index (χ0) is 19.7. The minimum absolute atomic E-state index is 0.00730. The number of fused-ring (bicyclic) bond motifs is 1. The van der Waals surface area contributed by atoms with Gasteiger partial charge in [-0.25, -0.2) is 0 Å². The molecule has 1 fully saturated rings. The van der Waals surface area contributed by atoms with Gasteiger partial charge in [0, 0.05) is 21.9 Å². The molecular formula is C20H22ClN5O2. The number of amides is 1. The van der Waals surface area contributed by atoms with Crippen LogP contribution in [0, 0.1) is 5.92 Å². The maximum absolute atomic E-state index is 12.7. The number of carbonyl (C=O) groups excluding carboxylic acids is 1. The van der Waals surface area contributed by atoms with Crippen LogP contribution in [0.15, 0.2) is 36.4 Å². The Morgan fingerprint density at radius 1 is 1.25 bits per heavy atom. The summed E-state index contributed by atoms with van der Waals surface area (Å²) < 4.78 is 0. The third kappa shape index (κ3) is 3.69. The van der Waals surface area contributed by atoms with Gasteiger partial charge in [-0.05, 0) is 68.9 Å². The van der Waals surface area contributed by atoms with Crippen LogP contribution in [0.25, 0.3) is 22.0 Å². The number of nitrogens with zero attached hydrogens (tertiary/aromatic N) is 2. The summed E-state index contributed by atoms with van der Waals surface area (Å²) in [6.45, 7) is 1.86. The fourth-order valence-electron chi connectivity index (χ4n) is 3.58. The van der Waals surface area contributed by atoms with E-state index < -0.39 is 0 Å². The quantitative estimate of drug-likeness (QED) is 0.498. The summed E-state index contributed by atoms with van der Waals surface area (Å²) in [6, 6.07) is 10.9. The maximum atomic E-state index is 12.7. The van der Waals surface area contributed by atoms with Crippen molar-refractivity contribution in [2.45, 2.75) is 12.8 Å². The molecule has 0 spiro atoms. The summed E-state index contributed by atoms with van der Waals surface area (Å²) in [5.41, 5.74) is 5.15. The summed E-state index contributed by atoms with van der Waals surface area (Å²) >= 11 is 6.34. The molecule has 8 heteroatoms. The number of aromatic nitrogens is 2. The Morgan fingerprint density at radius 3 is 2.79 bits per heavy atom. The third-order valence-electron chi connectivity index (χ3n) is 5.30. The van der Waals surface area contributed by atoms with Crippen LogP contribution in [0.5, 0.6) is 0 Å². The Labute approximate surface area is 167 Å². The predicted octanol–water partition coefficient (Wildman–Crippen LogP) is 3.96. The number of carbonyl (C=O) groups is 1. The van der Waals surface area contributed by atoms with Crippen LogP contribution in [-0.4, -0.2) is 46.3 Å². The van der Waals surface area contributed by atoms with E-state index in [-0.39, 0.29) is 11.8 Å². The van der Waals surface area contributed by atoms with E-state index in [0.717, 1.165) is 48.0 Å². The zero-order valence-electron chi connectivity index (χ0n) is 15.5. The minimum atomic E-state index is 0.00730. The summed E-state index contributed by atoms with van der Waals surface area (Å²) in [6.07, 6.45) is 1.71. The largest absolute Gasteiger partial charge is 0.308 e. The molecule has 0 radical (unpaired) electrons. The molecule has 4 N–H and O–H groups in total. The number of aromatic amines is 1. The molecule has 0 aliphatic carbocycles. The van der Waals surface area contributed by atoms with E-state index in [2.05, 4.69) is 32.9 Å². The van der Waals surface area contributed by atoms with Gasteiger partial charge in [-0.15, -0.1) is 0 Å². The number of anilines is 2. The van der Waals surface area contributed by atoms with Crippen LogP contribution in [0.3, 0.4) is 0 Å². The van der Waals surface area contributed by atoms with E-state index in [1.165, 1.54) is 0 Å². The first-order chi connectivity index (χ1) is 13.5. The van der Waals surface area contributed by atoms with Gasteiger partial charge >= 0.3 is 0 Å². The first-order valence-electron chi connectivity index (χ1n) is 9.22. The fourth-order valence-corrected chi connectivity index (χ4v) is 3.81. The van der Waals surface area contributed by atoms with Gasteiger partial charge in [-0.1, -0.05) is 17.7 Å². The van der Waals surface area contributed by atoms with Gasteiger partial charge < -0.3 is 10.2 Å². The number of hydrogen-bond donors (Lipinski definition) is 4. The molecular weight excluding hydrogens is 378 g/mol. The number of H-pyrrole nitrogens is 1.